The number of hydrogen-bond acceptors (Lipinski definition) is 3. The van der Waals surface area contributed by atoms with Gasteiger partial charge in [0.05, 0.1) is 7.11 Å². The SMILES string of the molecule is COc1cc(NC2CC(C)N(C3CC3)C2)ccc1F. The van der Waals surface area contributed by atoms with Gasteiger partial charge in [-0.15, -0.1) is 0 Å². The maximum Gasteiger partial charge on any atom is 0.165 e. The molecule has 104 valence electrons. The van der Waals surface area contributed by atoms with Gasteiger partial charge in [-0.2, -0.15) is 0 Å². The molecular formula is C15H21FN2O. The van der Waals surface area contributed by atoms with Crippen LogP contribution in [0.3, 0.4) is 0 Å². The van der Waals surface area contributed by atoms with E-state index in [2.05, 4.69) is 17.1 Å². The topological polar surface area (TPSA) is 24.5 Å². The third-order valence-electron chi connectivity index (χ3n) is 4.16. The van der Waals surface area contributed by atoms with Gasteiger partial charge in [0.25, 0.3) is 0 Å². The zero-order valence-corrected chi connectivity index (χ0v) is 11.5. The van der Waals surface area contributed by atoms with Crippen LogP contribution in [-0.2, 0) is 0 Å². The van der Waals surface area contributed by atoms with Crippen molar-refractivity contribution in [2.75, 3.05) is 19.0 Å². The molecule has 2 aliphatic rings. The zero-order valence-electron chi connectivity index (χ0n) is 11.5. The fourth-order valence-electron chi connectivity index (χ4n) is 3.06. The van der Waals surface area contributed by atoms with Crippen LogP contribution in [0.1, 0.15) is 26.2 Å². The van der Waals surface area contributed by atoms with Gasteiger partial charge in [0.15, 0.2) is 11.6 Å². The Bertz CT molecular complexity index is 461. The molecule has 0 spiro atoms. The molecule has 0 bridgehead atoms. The van der Waals surface area contributed by atoms with Gasteiger partial charge in [-0.1, -0.05) is 0 Å². The predicted molar refractivity (Wildman–Crippen MR) is 74.2 cm³/mol. The lowest BCUT2D eigenvalue weighted by Gasteiger charge is -2.20. The van der Waals surface area contributed by atoms with Crippen LogP contribution in [0.25, 0.3) is 0 Å². The van der Waals surface area contributed by atoms with Crippen LogP contribution >= 0.6 is 0 Å². The van der Waals surface area contributed by atoms with E-state index in [0.717, 1.165) is 24.7 Å². The summed E-state index contributed by atoms with van der Waals surface area (Å²) in [6.45, 7) is 3.39. The molecule has 19 heavy (non-hydrogen) atoms. The molecule has 1 heterocycles. The highest BCUT2D eigenvalue weighted by molar-refractivity contribution is 5.49. The molecule has 2 fully saturated rings. The molecule has 1 N–H and O–H groups in total. The summed E-state index contributed by atoms with van der Waals surface area (Å²) in [6.07, 6.45) is 3.85. The Kier molecular flexibility index (Phi) is 3.35. The summed E-state index contributed by atoms with van der Waals surface area (Å²) in [5, 5.41) is 3.50. The molecule has 2 unspecified atom stereocenters. The predicted octanol–water partition coefficient (Wildman–Crippen LogP) is 2.87. The molecule has 1 aromatic rings. The molecule has 0 aromatic heterocycles. The summed E-state index contributed by atoms with van der Waals surface area (Å²) in [5.41, 5.74) is 0.938. The van der Waals surface area contributed by atoms with Crippen LogP contribution in [-0.4, -0.2) is 36.7 Å². The first kappa shape index (κ1) is 12.7. The third-order valence-corrected chi connectivity index (χ3v) is 4.16. The summed E-state index contributed by atoms with van der Waals surface area (Å²) in [4.78, 5) is 2.60. The number of methoxy groups -OCH3 is 1. The van der Waals surface area contributed by atoms with Crippen LogP contribution in [0.2, 0.25) is 0 Å². The Morgan fingerprint density at radius 3 is 2.84 bits per heavy atom. The minimum absolute atomic E-state index is 0.301. The van der Waals surface area contributed by atoms with Crippen molar-refractivity contribution in [2.45, 2.75) is 44.3 Å². The van der Waals surface area contributed by atoms with Crippen molar-refractivity contribution in [3.63, 3.8) is 0 Å². The zero-order chi connectivity index (χ0) is 13.4. The highest BCUT2D eigenvalue weighted by Gasteiger charge is 2.38. The van der Waals surface area contributed by atoms with Crippen LogP contribution in [0.5, 0.6) is 5.75 Å². The van der Waals surface area contributed by atoms with E-state index in [9.17, 15) is 4.39 Å². The van der Waals surface area contributed by atoms with Crippen LogP contribution in [0.4, 0.5) is 10.1 Å². The van der Waals surface area contributed by atoms with Crippen molar-refractivity contribution in [3.05, 3.63) is 24.0 Å². The lowest BCUT2D eigenvalue weighted by Crippen LogP contribution is -2.31. The van der Waals surface area contributed by atoms with Gasteiger partial charge < -0.3 is 10.1 Å². The Labute approximate surface area is 113 Å². The summed E-state index contributed by atoms with van der Waals surface area (Å²) in [7, 11) is 1.49. The highest BCUT2D eigenvalue weighted by Crippen LogP contribution is 2.34. The first-order valence-corrected chi connectivity index (χ1v) is 7.03. The molecule has 4 heteroatoms. The molecule has 1 saturated carbocycles. The number of nitrogens with one attached hydrogen (secondary N) is 1. The second kappa shape index (κ2) is 5.00. The van der Waals surface area contributed by atoms with Crippen molar-refractivity contribution >= 4 is 5.69 Å². The van der Waals surface area contributed by atoms with Gasteiger partial charge in [-0.3, -0.25) is 4.90 Å². The highest BCUT2D eigenvalue weighted by atomic mass is 19.1. The van der Waals surface area contributed by atoms with E-state index < -0.39 is 0 Å². The van der Waals surface area contributed by atoms with Gasteiger partial charge >= 0.3 is 0 Å². The molecule has 1 saturated heterocycles. The van der Waals surface area contributed by atoms with E-state index >= 15 is 0 Å². The normalized spacial score (nSPS) is 27.5. The van der Waals surface area contributed by atoms with Crippen LogP contribution in [0, 0.1) is 5.82 Å². The molecule has 2 atom stereocenters. The maximum absolute atomic E-state index is 13.4. The minimum Gasteiger partial charge on any atom is -0.494 e. The van der Waals surface area contributed by atoms with E-state index in [0.29, 0.717) is 17.8 Å². The average Bonchev–Trinajstić information content (AvgIpc) is 3.17. The molecular weight excluding hydrogens is 243 g/mol. The van der Waals surface area contributed by atoms with Crippen molar-refractivity contribution < 1.29 is 9.13 Å². The van der Waals surface area contributed by atoms with E-state index in [-0.39, 0.29) is 5.82 Å². The van der Waals surface area contributed by atoms with E-state index in [1.807, 2.05) is 0 Å². The third kappa shape index (κ3) is 2.68. The van der Waals surface area contributed by atoms with Gasteiger partial charge in [-0.05, 0) is 38.3 Å². The van der Waals surface area contributed by atoms with Crippen LogP contribution < -0.4 is 10.1 Å². The number of anilines is 1. The number of nitrogens with zero attached hydrogens (tertiary/aromatic N) is 1. The number of ether oxygens (including phenoxy) is 1. The Morgan fingerprint density at radius 2 is 2.16 bits per heavy atom. The molecule has 1 aliphatic heterocycles. The van der Waals surface area contributed by atoms with E-state index in [1.54, 1.807) is 12.1 Å². The summed E-state index contributed by atoms with van der Waals surface area (Å²) in [6, 6.07) is 6.88. The van der Waals surface area contributed by atoms with Crippen molar-refractivity contribution in [1.29, 1.82) is 0 Å². The molecule has 1 aromatic carbocycles. The van der Waals surface area contributed by atoms with Gasteiger partial charge in [-0.25, -0.2) is 4.39 Å². The number of benzene rings is 1. The van der Waals surface area contributed by atoms with Crippen LogP contribution in [0.15, 0.2) is 18.2 Å². The first-order valence-electron chi connectivity index (χ1n) is 7.03. The number of likely N-dealkylation sites (tertiary alicyclic amines) is 1. The molecule has 3 rings (SSSR count). The van der Waals surface area contributed by atoms with Crippen molar-refractivity contribution in [1.82, 2.24) is 4.90 Å². The Balaban J connectivity index is 1.65. The smallest absolute Gasteiger partial charge is 0.165 e. The van der Waals surface area contributed by atoms with Crippen molar-refractivity contribution in [2.24, 2.45) is 0 Å². The first-order chi connectivity index (χ1) is 9.17. The number of rotatable bonds is 4. The minimum atomic E-state index is -0.313. The van der Waals surface area contributed by atoms with E-state index in [4.69, 9.17) is 4.74 Å². The lowest BCUT2D eigenvalue weighted by atomic mass is 10.2. The van der Waals surface area contributed by atoms with Crippen molar-refractivity contribution in [3.8, 4) is 5.75 Å². The summed E-state index contributed by atoms with van der Waals surface area (Å²) >= 11 is 0. The fourth-order valence-corrected chi connectivity index (χ4v) is 3.06. The number of halogens is 1. The van der Waals surface area contributed by atoms with Gasteiger partial charge in [0.2, 0.25) is 0 Å². The average molecular weight is 264 g/mol. The Morgan fingerprint density at radius 1 is 1.37 bits per heavy atom. The molecule has 1 aliphatic carbocycles. The van der Waals surface area contributed by atoms with E-state index in [1.165, 1.54) is 26.0 Å². The lowest BCUT2D eigenvalue weighted by molar-refractivity contribution is 0.257. The molecule has 0 radical (unpaired) electrons. The fraction of sp³-hybridized carbons (Fsp3) is 0.600. The molecule has 3 nitrogen and oxygen atoms in total. The number of hydrogen-bond donors (Lipinski definition) is 1. The monoisotopic (exact) mass is 264 g/mol. The quantitative estimate of drug-likeness (QED) is 0.905. The largest absolute Gasteiger partial charge is 0.494 e. The standard InChI is InChI=1S/C15H21FN2O/c1-10-7-12(9-18(10)13-4-5-13)17-11-3-6-14(16)15(8-11)19-2/h3,6,8,10,12-13,17H,4-5,7,9H2,1-2H3. The maximum atomic E-state index is 13.4. The van der Waals surface area contributed by atoms with Gasteiger partial charge in [0.1, 0.15) is 0 Å². The van der Waals surface area contributed by atoms with Gasteiger partial charge in [0, 0.05) is 36.4 Å². The second-order valence-corrected chi connectivity index (χ2v) is 5.70. The second-order valence-electron chi connectivity index (χ2n) is 5.70. The summed E-state index contributed by atoms with van der Waals surface area (Å²) < 4.78 is 18.4. The molecule has 0 amide bonds. The Hall–Kier alpha value is -1.29. The summed E-state index contributed by atoms with van der Waals surface area (Å²) in [5.74, 6) is -0.0115.